The van der Waals surface area contributed by atoms with Gasteiger partial charge in [0.1, 0.15) is 15.5 Å². The third-order valence-electron chi connectivity index (χ3n) is 5.01. The number of nitrogens with zero attached hydrogens (tertiary/aromatic N) is 3. The second-order valence-corrected chi connectivity index (χ2v) is 10.1. The molecule has 0 N–H and O–H groups in total. The van der Waals surface area contributed by atoms with Crippen LogP contribution in [0.25, 0.3) is 22.2 Å². The van der Waals surface area contributed by atoms with Crippen molar-refractivity contribution in [3.05, 3.63) is 64.5 Å². The van der Waals surface area contributed by atoms with Crippen LogP contribution in [0.2, 0.25) is 5.02 Å². The van der Waals surface area contributed by atoms with Crippen molar-refractivity contribution < 1.29 is 17.7 Å². The zero-order valence-corrected chi connectivity index (χ0v) is 20.0. The molecule has 0 spiro atoms. The molecule has 32 heavy (non-hydrogen) atoms. The van der Waals surface area contributed by atoms with E-state index in [2.05, 4.69) is 17.1 Å². The van der Waals surface area contributed by atoms with Crippen LogP contribution in [-0.2, 0) is 16.4 Å². The fourth-order valence-corrected chi connectivity index (χ4v) is 5.87. The average Bonchev–Trinajstić information content (AvgIpc) is 3.48. The maximum Gasteiger partial charge on any atom is 0.269 e. The summed E-state index contributed by atoms with van der Waals surface area (Å²) in [6.07, 6.45) is 0.932. The molecule has 166 valence electrons. The van der Waals surface area contributed by atoms with Crippen molar-refractivity contribution in [1.82, 2.24) is 10.1 Å². The van der Waals surface area contributed by atoms with Crippen LogP contribution >= 0.6 is 22.9 Å². The van der Waals surface area contributed by atoms with Gasteiger partial charge in [-0.2, -0.15) is 4.98 Å². The van der Waals surface area contributed by atoms with E-state index in [1.807, 2.05) is 24.3 Å². The van der Waals surface area contributed by atoms with E-state index >= 15 is 0 Å². The molecule has 7 nitrogen and oxygen atoms in total. The number of aromatic nitrogens is 2. The summed E-state index contributed by atoms with van der Waals surface area (Å²) in [7, 11) is -0.954. The number of hydrogen-bond donors (Lipinski definition) is 0. The van der Waals surface area contributed by atoms with E-state index in [1.165, 1.54) is 43.2 Å². The van der Waals surface area contributed by atoms with Crippen LogP contribution in [0.4, 0.5) is 5.69 Å². The monoisotopic (exact) mass is 489 g/mol. The van der Waals surface area contributed by atoms with Gasteiger partial charge in [-0.05, 0) is 41.6 Å². The van der Waals surface area contributed by atoms with E-state index in [-0.39, 0.29) is 10.8 Å². The molecule has 0 radical (unpaired) electrons. The van der Waals surface area contributed by atoms with Gasteiger partial charge >= 0.3 is 0 Å². The van der Waals surface area contributed by atoms with Gasteiger partial charge in [-0.15, -0.1) is 11.3 Å². The zero-order valence-electron chi connectivity index (χ0n) is 17.6. The standard InChI is InChI=1S/C22H20ClN3O4S2/c1-4-14-5-7-15(8-6-14)21-24-22(30-25-21)20-19(11-12-31-20)32(27,28)26(2)16-9-10-18(29-3)17(23)13-16/h5-13H,4H2,1-3H3. The Morgan fingerprint density at radius 3 is 2.56 bits per heavy atom. The molecule has 4 rings (SSSR count). The van der Waals surface area contributed by atoms with E-state index in [0.29, 0.717) is 27.2 Å². The molecule has 0 aliphatic carbocycles. The minimum Gasteiger partial charge on any atom is -0.495 e. The van der Waals surface area contributed by atoms with Gasteiger partial charge in [-0.1, -0.05) is 47.9 Å². The molecule has 2 aromatic carbocycles. The Kier molecular flexibility index (Phi) is 6.23. The minimum atomic E-state index is -3.91. The highest BCUT2D eigenvalue weighted by atomic mass is 35.5. The number of halogens is 1. The van der Waals surface area contributed by atoms with Crippen molar-refractivity contribution in [2.75, 3.05) is 18.5 Å². The van der Waals surface area contributed by atoms with Crippen LogP contribution in [0.5, 0.6) is 5.75 Å². The smallest absolute Gasteiger partial charge is 0.269 e. The molecule has 0 fully saturated rings. The number of rotatable bonds is 7. The third kappa shape index (κ3) is 4.11. The summed E-state index contributed by atoms with van der Waals surface area (Å²) in [6, 6.07) is 14.1. The summed E-state index contributed by atoms with van der Waals surface area (Å²) in [5.74, 6) is 1.01. The van der Waals surface area contributed by atoms with Gasteiger partial charge < -0.3 is 9.26 Å². The predicted octanol–water partition coefficient (Wildman–Crippen LogP) is 5.51. The molecule has 0 atom stereocenters. The molecule has 10 heteroatoms. The summed E-state index contributed by atoms with van der Waals surface area (Å²) in [6.45, 7) is 2.08. The SMILES string of the molecule is CCc1ccc(-c2noc(-c3sccc3S(=O)(=O)N(C)c3ccc(OC)c(Cl)c3)n2)cc1. The maximum atomic E-state index is 13.4. The largest absolute Gasteiger partial charge is 0.495 e. The molecular weight excluding hydrogens is 470 g/mol. The van der Waals surface area contributed by atoms with Gasteiger partial charge in [0.15, 0.2) is 0 Å². The number of methoxy groups -OCH3 is 1. The van der Waals surface area contributed by atoms with Crippen molar-refractivity contribution in [2.45, 2.75) is 18.2 Å². The van der Waals surface area contributed by atoms with Crippen molar-refractivity contribution in [1.29, 1.82) is 0 Å². The lowest BCUT2D eigenvalue weighted by molar-refractivity contribution is 0.415. The Morgan fingerprint density at radius 2 is 1.91 bits per heavy atom. The summed E-state index contributed by atoms with van der Waals surface area (Å²) < 4.78 is 38.5. The first-order valence-electron chi connectivity index (χ1n) is 9.68. The highest BCUT2D eigenvalue weighted by Crippen LogP contribution is 2.37. The quantitative estimate of drug-likeness (QED) is 0.340. The average molecular weight is 490 g/mol. The normalized spacial score (nSPS) is 11.5. The van der Waals surface area contributed by atoms with E-state index in [0.717, 1.165) is 16.3 Å². The number of hydrogen-bond acceptors (Lipinski definition) is 7. The van der Waals surface area contributed by atoms with Crippen LogP contribution < -0.4 is 9.04 Å². The fourth-order valence-electron chi connectivity index (χ4n) is 3.12. The lowest BCUT2D eigenvalue weighted by Gasteiger charge is -2.20. The number of anilines is 1. The number of ether oxygens (including phenoxy) is 1. The van der Waals surface area contributed by atoms with Crippen molar-refractivity contribution >= 4 is 38.6 Å². The van der Waals surface area contributed by atoms with Crippen molar-refractivity contribution in [2.24, 2.45) is 0 Å². The first-order valence-corrected chi connectivity index (χ1v) is 12.4. The van der Waals surface area contributed by atoms with Gasteiger partial charge in [-0.25, -0.2) is 8.42 Å². The lowest BCUT2D eigenvalue weighted by Crippen LogP contribution is -2.26. The maximum absolute atomic E-state index is 13.4. The Balaban J connectivity index is 1.67. The number of sulfonamides is 1. The molecule has 0 saturated carbocycles. The molecule has 2 heterocycles. The molecule has 4 aromatic rings. The zero-order chi connectivity index (χ0) is 22.9. The van der Waals surface area contributed by atoms with Gasteiger partial charge in [0, 0.05) is 12.6 Å². The van der Waals surface area contributed by atoms with Crippen LogP contribution in [0.1, 0.15) is 12.5 Å². The van der Waals surface area contributed by atoms with Crippen molar-refractivity contribution in [3.8, 4) is 27.9 Å². The number of aryl methyl sites for hydroxylation is 1. The van der Waals surface area contributed by atoms with Gasteiger partial charge in [0.25, 0.3) is 15.9 Å². The van der Waals surface area contributed by atoms with Crippen LogP contribution in [0.3, 0.4) is 0 Å². The second-order valence-electron chi connectivity index (χ2n) is 6.88. The molecule has 2 aromatic heterocycles. The molecule has 0 aliphatic rings. The molecule has 0 aliphatic heterocycles. The summed E-state index contributed by atoms with van der Waals surface area (Å²) in [5.41, 5.74) is 2.39. The number of thiophene rings is 1. The Bertz CT molecular complexity index is 1350. The molecule has 0 bridgehead atoms. The highest BCUT2D eigenvalue weighted by Gasteiger charge is 2.29. The van der Waals surface area contributed by atoms with Crippen LogP contribution in [-0.4, -0.2) is 32.7 Å². The molecule has 0 unspecified atom stereocenters. The van der Waals surface area contributed by atoms with E-state index < -0.39 is 10.0 Å². The van der Waals surface area contributed by atoms with Gasteiger partial charge in [-0.3, -0.25) is 4.31 Å². The first kappa shape index (κ1) is 22.3. The summed E-state index contributed by atoms with van der Waals surface area (Å²) >= 11 is 7.40. The predicted molar refractivity (Wildman–Crippen MR) is 126 cm³/mol. The number of benzene rings is 2. The van der Waals surface area contributed by atoms with Gasteiger partial charge in [0.2, 0.25) is 5.82 Å². The Labute approximate surface area is 195 Å². The Hall–Kier alpha value is -2.88. The van der Waals surface area contributed by atoms with Gasteiger partial charge in [0.05, 0.1) is 17.8 Å². The van der Waals surface area contributed by atoms with Crippen LogP contribution in [0, 0.1) is 0 Å². The highest BCUT2D eigenvalue weighted by molar-refractivity contribution is 7.93. The third-order valence-corrected chi connectivity index (χ3v) is 8.16. The van der Waals surface area contributed by atoms with E-state index in [1.54, 1.807) is 17.5 Å². The van der Waals surface area contributed by atoms with E-state index in [4.69, 9.17) is 20.9 Å². The minimum absolute atomic E-state index is 0.0773. The topological polar surface area (TPSA) is 85.5 Å². The molecule has 0 saturated heterocycles. The first-order chi connectivity index (χ1) is 15.3. The fraction of sp³-hybridized carbons (Fsp3) is 0.182. The molecular formula is C22H20ClN3O4S2. The Morgan fingerprint density at radius 1 is 1.16 bits per heavy atom. The second kappa shape index (κ2) is 8.93. The lowest BCUT2D eigenvalue weighted by atomic mass is 10.1. The van der Waals surface area contributed by atoms with E-state index in [9.17, 15) is 8.42 Å². The molecule has 0 amide bonds. The summed E-state index contributed by atoms with van der Waals surface area (Å²) in [4.78, 5) is 4.89. The van der Waals surface area contributed by atoms with Crippen molar-refractivity contribution in [3.63, 3.8) is 0 Å². The van der Waals surface area contributed by atoms with Crippen LogP contribution in [0.15, 0.2) is 63.3 Å². The summed E-state index contributed by atoms with van der Waals surface area (Å²) in [5, 5.41) is 6.03.